The zero-order valence-corrected chi connectivity index (χ0v) is 9.90. The smallest absolute Gasteiger partial charge is 0.342 e. The van der Waals surface area contributed by atoms with Crippen molar-refractivity contribution >= 4 is 17.3 Å². The van der Waals surface area contributed by atoms with Gasteiger partial charge in [-0.3, -0.25) is 0 Å². The molecule has 2 rings (SSSR count). The highest BCUT2D eigenvalue weighted by atomic mass is 32.1. The third-order valence-electron chi connectivity index (χ3n) is 2.14. The van der Waals surface area contributed by atoms with Crippen LogP contribution in [0.3, 0.4) is 0 Å². The van der Waals surface area contributed by atoms with Gasteiger partial charge in [0.15, 0.2) is 0 Å². The van der Waals surface area contributed by atoms with Gasteiger partial charge in [-0.15, -0.1) is 11.3 Å². The molecule has 2 aromatic heterocycles. The van der Waals surface area contributed by atoms with Gasteiger partial charge in [0.25, 0.3) is 0 Å². The van der Waals surface area contributed by atoms with Gasteiger partial charge < -0.3 is 9.84 Å². The van der Waals surface area contributed by atoms with Crippen LogP contribution in [0.25, 0.3) is 0 Å². The van der Waals surface area contributed by atoms with Gasteiger partial charge in [0.2, 0.25) is 5.88 Å². The number of hydrogen-bond donors (Lipinski definition) is 1. The number of ether oxygens (including phenoxy) is 1. The van der Waals surface area contributed by atoms with Crippen LogP contribution in [0.5, 0.6) is 5.88 Å². The standard InChI is InChI=1S/C11H10N2O3S/c1-16-10-8(11(14)15)6-12-9(13-10)5-7-3-2-4-17-7/h2-4,6H,5H2,1H3,(H,14,15). The van der Waals surface area contributed by atoms with Crippen molar-refractivity contribution in [3.8, 4) is 5.88 Å². The van der Waals surface area contributed by atoms with Gasteiger partial charge in [-0.05, 0) is 11.4 Å². The van der Waals surface area contributed by atoms with E-state index in [0.717, 1.165) is 4.88 Å². The van der Waals surface area contributed by atoms with Gasteiger partial charge in [-0.1, -0.05) is 6.07 Å². The maximum atomic E-state index is 10.9. The van der Waals surface area contributed by atoms with Crippen molar-refractivity contribution in [2.75, 3.05) is 7.11 Å². The molecule has 0 saturated carbocycles. The lowest BCUT2D eigenvalue weighted by Gasteiger charge is -2.04. The van der Waals surface area contributed by atoms with Crippen molar-refractivity contribution in [2.45, 2.75) is 6.42 Å². The van der Waals surface area contributed by atoms with Crippen molar-refractivity contribution in [3.05, 3.63) is 40.0 Å². The second-order valence-corrected chi connectivity index (χ2v) is 4.30. The highest BCUT2D eigenvalue weighted by Crippen LogP contribution is 2.17. The van der Waals surface area contributed by atoms with Gasteiger partial charge in [-0.25, -0.2) is 9.78 Å². The normalized spacial score (nSPS) is 10.2. The summed E-state index contributed by atoms with van der Waals surface area (Å²) in [4.78, 5) is 20.1. The Labute approximate surface area is 102 Å². The maximum absolute atomic E-state index is 10.9. The van der Waals surface area contributed by atoms with Crippen LogP contribution in [0.15, 0.2) is 23.7 Å². The summed E-state index contributed by atoms with van der Waals surface area (Å²) in [5, 5.41) is 10.9. The molecule has 88 valence electrons. The van der Waals surface area contributed by atoms with Crippen LogP contribution in [-0.4, -0.2) is 28.2 Å². The summed E-state index contributed by atoms with van der Waals surface area (Å²) in [5.41, 5.74) is -0.0255. The predicted molar refractivity (Wildman–Crippen MR) is 62.7 cm³/mol. The number of nitrogens with zero attached hydrogens (tertiary/aromatic N) is 2. The molecule has 0 saturated heterocycles. The molecule has 0 atom stereocenters. The highest BCUT2D eigenvalue weighted by molar-refractivity contribution is 7.09. The number of carboxylic acid groups (broad SMARTS) is 1. The first-order valence-electron chi connectivity index (χ1n) is 4.86. The summed E-state index contributed by atoms with van der Waals surface area (Å²) < 4.78 is 4.94. The summed E-state index contributed by atoms with van der Waals surface area (Å²) in [6.45, 7) is 0. The summed E-state index contributed by atoms with van der Waals surface area (Å²) in [5.74, 6) is -0.446. The Balaban J connectivity index is 2.28. The molecule has 2 heterocycles. The summed E-state index contributed by atoms with van der Waals surface area (Å²) >= 11 is 1.60. The van der Waals surface area contributed by atoms with Crippen molar-refractivity contribution in [1.29, 1.82) is 0 Å². The van der Waals surface area contributed by atoms with E-state index in [0.29, 0.717) is 12.2 Å². The lowest BCUT2D eigenvalue weighted by Crippen LogP contribution is -2.06. The maximum Gasteiger partial charge on any atom is 0.342 e. The second-order valence-electron chi connectivity index (χ2n) is 3.27. The van der Waals surface area contributed by atoms with E-state index < -0.39 is 5.97 Å². The van der Waals surface area contributed by atoms with Crippen LogP contribution in [0.2, 0.25) is 0 Å². The van der Waals surface area contributed by atoms with E-state index in [9.17, 15) is 4.79 Å². The van der Waals surface area contributed by atoms with Gasteiger partial charge >= 0.3 is 5.97 Å². The number of aromatic nitrogens is 2. The van der Waals surface area contributed by atoms with Crippen LogP contribution in [0.1, 0.15) is 21.1 Å². The highest BCUT2D eigenvalue weighted by Gasteiger charge is 2.14. The van der Waals surface area contributed by atoms with Crippen molar-refractivity contribution in [3.63, 3.8) is 0 Å². The number of thiophene rings is 1. The molecule has 0 spiro atoms. The molecular weight excluding hydrogens is 240 g/mol. The number of rotatable bonds is 4. The fourth-order valence-corrected chi connectivity index (χ4v) is 2.06. The monoisotopic (exact) mass is 250 g/mol. The largest absolute Gasteiger partial charge is 0.480 e. The van der Waals surface area contributed by atoms with E-state index in [4.69, 9.17) is 9.84 Å². The van der Waals surface area contributed by atoms with E-state index in [1.807, 2.05) is 17.5 Å². The summed E-state index contributed by atoms with van der Waals surface area (Å²) in [7, 11) is 1.39. The number of carbonyl (C=O) groups is 1. The average Bonchev–Trinajstić information content (AvgIpc) is 2.81. The minimum Gasteiger partial charge on any atom is -0.480 e. The minimum absolute atomic E-state index is 0.0255. The lowest BCUT2D eigenvalue weighted by molar-refractivity contribution is 0.0692. The molecule has 0 radical (unpaired) electrons. The molecule has 2 aromatic rings. The van der Waals surface area contributed by atoms with E-state index in [1.165, 1.54) is 13.3 Å². The molecule has 0 bridgehead atoms. The van der Waals surface area contributed by atoms with Crippen LogP contribution in [-0.2, 0) is 6.42 Å². The first kappa shape index (κ1) is 11.5. The van der Waals surface area contributed by atoms with Crippen LogP contribution < -0.4 is 4.74 Å². The van der Waals surface area contributed by atoms with Gasteiger partial charge in [-0.2, -0.15) is 4.98 Å². The molecule has 6 heteroatoms. The number of aromatic carboxylic acids is 1. The molecule has 0 aromatic carbocycles. The van der Waals surface area contributed by atoms with Crippen molar-refractivity contribution in [2.24, 2.45) is 0 Å². The molecule has 0 unspecified atom stereocenters. The third kappa shape index (κ3) is 2.59. The Bertz CT molecular complexity index is 526. The van der Waals surface area contributed by atoms with Crippen molar-refractivity contribution < 1.29 is 14.6 Å². The number of methoxy groups -OCH3 is 1. The fourth-order valence-electron chi connectivity index (χ4n) is 1.36. The first-order chi connectivity index (χ1) is 8.20. The Morgan fingerprint density at radius 3 is 3.00 bits per heavy atom. The minimum atomic E-state index is -1.09. The molecule has 1 N–H and O–H groups in total. The molecule has 0 aliphatic rings. The van der Waals surface area contributed by atoms with Gasteiger partial charge in [0, 0.05) is 17.5 Å². The summed E-state index contributed by atoms with van der Waals surface area (Å²) in [6, 6.07) is 3.93. The SMILES string of the molecule is COc1nc(Cc2cccs2)ncc1C(=O)O. The molecule has 0 amide bonds. The second kappa shape index (κ2) is 4.92. The van der Waals surface area contributed by atoms with E-state index in [2.05, 4.69) is 9.97 Å². The average molecular weight is 250 g/mol. The van der Waals surface area contributed by atoms with Crippen LogP contribution >= 0.6 is 11.3 Å². The van der Waals surface area contributed by atoms with Crippen molar-refractivity contribution in [1.82, 2.24) is 9.97 Å². The van der Waals surface area contributed by atoms with Gasteiger partial charge in [0.05, 0.1) is 7.11 Å². The molecule has 0 aliphatic carbocycles. The summed E-state index contributed by atoms with van der Waals surface area (Å²) in [6.07, 6.45) is 1.85. The quantitative estimate of drug-likeness (QED) is 0.896. The fraction of sp³-hybridized carbons (Fsp3) is 0.182. The van der Waals surface area contributed by atoms with Crippen LogP contribution in [0.4, 0.5) is 0 Å². The molecule has 5 nitrogen and oxygen atoms in total. The first-order valence-corrected chi connectivity index (χ1v) is 5.74. The zero-order valence-electron chi connectivity index (χ0n) is 9.08. The Hall–Kier alpha value is -1.95. The lowest BCUT2D eigenvalue weighted by atomic mass is 10.3. The molecule has 0 aliphatic heterocycles. The van der Waals surface area contributed by atoms with E-state index in [-0.39, 0.29) is 11.4 Å². The van der Waals surface area contributed by atoms with Crippen LogP contribution in [0, 0.1) is 0 Å². The predicted octanol–water partition coefficient (Wildman–Crippen LogP) is 1.84. The Kier molecular flexibility index (Phi) is 3.34. The number of hydrogen-bond acceptors (Lipinski definition) is 5. The zero-order chi connectivity index (χ0) is 12.3. The molecule has 17 heavy (non-hydrogen) atoms. The third-order valence-corrected chi connectivity index (χ3v) is 3.02. The topological polar surface area (TPSA) is 72.3 Å². The van der Waals surface area contributed by atoms with Gasteiger partial charge in [0.1, 0.15) is 11.4 Å². The van der Waals surface area contributed by atoms with E-state index >= 15 is 0 Å². The van der Waals surface area contributed by atoms with E-state index in [1.54, 1.807) is 11.3 Å². The Morgan fingerprint density at radius 1 is 1.59 bits per heavy atom. The molecule has 0 fully saturated rings. The Morgan fingerprint density at radius 2 is 2.41 bits per heavy atom. The molecular formula is C11H10N2O3S. The number of carboxylic acids is 1.